The first-order valence-electron chi connectivity index (χ1n) is 7.38. The Bertz CT molecular complexity index is 606. The van der Waals surface area contributed by atoms with E-state index in [4.69, 9.17) is 20.0 Å². The number of hydrogen-bond donors (Lipinski definition) is 2. The van der Waals surface area contributed by atoms with Crippen molar-refractivity contribution in [3.63, 3.8) is 0 Å². The Morgan fingerprint density at radius 1 is 1.36 bits per heavy atom. The van der Waals surface area contributed by atoms with E-state index in [1.165, 1.54) is 12.8 Å². The second-order valence-corrected chi connectivity index (χ2v) is 5.65. The van der Waals surface area contributed by atoms with Crippen molar-refractivity contribution in [2.75, 3.05) is 13.7 Å². The first-order chi connectivity index (χ1) is 10.6. The van der Waals surface area contributed by atoms with Gasteiger partial charge in [0.1, 0.15) is 5.60 Å². The fourth-order valence-electron chi connectivity index (χ4n) is 2.95. The van der Waals surface area contributed by atoms with Gasteiger partial charge in [-0.25, -0.2) is 0 Å². The number of hydroxylamine groups is 1. The van der Waals surface area contributed by atoms with E-state index in [1.54, 1.807) is 13.2 Å². The van der Waals surface area contributed by atoms with E-state index in [2.05, 4.69) is 11.6 Å². The Hall–Kier alpha value is -2.21. The summed E-state index contributed by atoms with van der Waals surface area (Å²) in [5, 5.41) is 0. The summed E-state index contributed by atoms with van der Waals surface area (Å²) in [6, 6.07) is 5.54. The maximum absolute atomic E-state index is 10.9. The standard InChI is InChI=1S/C16H20N2O4/c1-20-13-5-4-11(8-14(13)21-10-15(17)19)12-9-16(22-18-12)6-2-3-7-16/h4-5,8-9,18H,2-3,6-7,10H2,1H3,(H2,17,19). The van der Waals surface area contributed by atoms with E-state index in [-0.39, 0.29) is 12.2 Å². The molecule has 0 bridgehead atoms. The van der Waals surface area contributed by atoms with E-state index >= 15 is 0 Å². The van der Waals surface area contributed by atoms with Crippen molar-refractivity contribution in [2.45, 2.75) is 31.3 Å². The molecule has 1 aromatic rings. The van der Waals surface area contributed by atoms with Crippen molar-refractivity contribution < 1.29 is 19.1 Å². The largest absolute Gasteiger partial charge is 0.493 e. The van der Waals surface area contributed by atoms with Gasteiger partial charge in [0.05, 0.1) is 12.8 Å². The fraction of sp³-hybridized carbons (Fsp3) is 0.438. The summed E-state index contributed by atoms with van der Waals surface area (Å²) < 4.78 is 10.7. The van der Waals surface area contributed by atoms with Gasteiger partial charge in [-0.2, -0.15) is 0 Å². The van der Waals surface area contributed by atoms with Crippen molar-refractivity contribution >= 4 is 11.6 Å². The lowest BCUT2D eigenvalue weighted by molar-refractivity contribution is -0.119. The number of nitrogens with one attached hydrogen (secondary N) is 1. The van der Waals surface area contributed by atoms with Gasteiger partial charge >= 0.3 is 0 Å². The van der Waals surface area contributed by atoms with Crippen LogP contribution in [0.1, 0.15) is 31.2 Å². The van der Waals surface area contributed by atoms with Crippen LogP contribution in [-0.4, -0.2) is 25.2 Å². The van der Waals surface area contributed by atoms with Crippen LogP contribution in [0.5, 0.6) is 11.5 Å². The number of rotatable bonds is 5. The van der Waals surface area contributed by atoms with E-state index in [1.807, 2.05) is 12.1 Å². The number of hydrogen-bond acceptors (Lipinski definition) is 5. The third kappa shape index (κ3) is 2.87. The summed E-state index contributed by atoms with van der Waals surface area (Å²) in [5.41, 5.74) is 9.78. The summed E-state index contributed by atoms with van der Waals surface area (Å²) in [6.45, 7) is -0.188. The zero-order valence-electron chi connectivity index (χ0n) is 12.6. The van der Waals surface area contributed by atoms with E-state index in [0.29, 0.717) is 11.5 Å². The Morgan fingerprint density at radius 3 is 2.82 bits per heavy atom. The topological polar surface area (TPSA) is 82.8 Å². The summed E-state index contributed by atoms with van der Waals surface area (Å²) >= 11 is 0. The lowest BCUT2D eigenvalue weighted by atomic mass is 10.00. The minimum absolute atomic E-state index is 0.177. The van der Waals surface area contributed by atoms with Crippen LogP contribution in [0.3, 0.4) is 0 Å². The zero-order valence-corrected chi connectivity index (χ0v) is 12.6. The van der Waals surface area contributed by atoms with Gasteiger partial charge in [0.25, 0.3) is 5.91 Å². The molecule has 6 heteroatoms. The molecule has 3 N–H and O–H groups in total. The highest BCUT2D eigenvalue weighted by Gasteiger charge is 2.38. The Labute approximate surface area is 129 Å². The maximum atomic E-state index is 10.9. The zero-order chi connectivity index (χ0) is 15.6. The van der Waals surface area contributed by atoms with Gasteiger partial charge in [-0.05, 0) is 37.1 Å². The minimum atomic E-state index is -0.529. The summed E-state index contributed by atoms with van der Waals surface area (Å²) in [6.07, 6.45) is 6.57. The smallest absolute Gasteiger partial charge is 0.255 e. The SMILES string of the molecule is COc1ccc(C2=CC3(CCCC3)ON2)cc1OCC(N)=O. The molecule has 1 amide bonds. The van der Waals surface area contributed by atoms with Gasteiger partial charge in [-0.15, -0.1) is 0 Å². The monoisotopic (exact) mass is 304 g/mol. The second-order valence-electron chi connectivity index (χ2n) is 5.65. The van der Waals surface area contributed by atoms with Crippen molar-refractivity contribution in [3.8, 4) is 11.5 Å². The lowest BCUT2D eigenvalue weighted by Gasteiger charge is -2.17. The number of primary amides is 1. The van der Waals surface area contributed by atoms with Gasteiger partial charge in [0.15, 0.2) is 18.1 Å². The Balaban J connectivity index is 1.85. The Kier molecular flexibility index (Phi) is 3.94. The molecule has 22 heavy (non-hydrogen) atoms. The molecule has 1 aromatic carbocycles. The van der Waals surface area contributed by atoms with Crippen LogP contribution >= 0.6 is 0 Å². The molecule has 1 saturated carbocycles. The molecule has 0 unspecified atom stereocenters. The van der Waals surface area contributed by atoms with Crippen molar-refractivity contribution in [1.29, 1.82) is 0 Å². The lowest BCUT2D eigenvalue weighted by Crippen LogP contribution is -2.25. The average Bonchev–Trinajstić information content (AvgIpc) is 3.15. The van der Waals surface area contributed by atoms with Crippen LogP contribution in [0.4, 0.5) is 0 Å². The number of amides is 1. The minimum Gasteiger partial charge on any atom is -0.493 e. The van der Waals surface area contributed by atoms with Gasteiger partial charge in [0, 0.05) is 5.56 Å². The number of carbonyl (C=O) groups is 1. The number of methoxy groups -OCH3 is 1. The van der Waals surface area contributed by atoms with Gasteiger partial charge in [0.2, 0.25) is 0 Å². The molecular formula is C16H20N2O4. The number of ether oxygens (including phenoxy) is 2. The Morgan fingerprint density at radius 2 is 2.14 bits per heavy atom. The first kappa shape index (κ1) is 14.7. The average molecular weight is 304 g/mol. The third-order valence-electron chi connectivity index (χ3n) is 4.07. The number of nitrogens with two attached hydrogens (primary N) is 1. The quantitative estimate of drug-likeness (QED) is 0.866. The number of carbonyl (C=O) groups excluding carboxylic acids is 1. The first-order valence-corrected chi connectivity index (χ1v) is 7.38. The molecule has 0 saturated heterocycles. The van der Waals surface area contributed by atoms with E-state index in [0.717, 1.165) is 24.1 Å². The maximum Gasteiger partial charge on any atom is 0.255 e. The van der Waals surface area contributed by atoms with Crippen molar-refractivity contribution in [2.24, 2.45) is 5.73 Å². The van der Waals surface area contributed by atoms with Gasteiger partial charge < -0.3 is 15.2 Å². The van der Waals surface area contributed by atoms with Crippen LogP contribution in [0.25, 0.3) is 5.70 Å². The van der Waals surface area contributed by atoms with Crippen molar-refractivity contribution in [1.82, 2.24) is 5.48 Å². The highest BCUT2D eigenvalue weighted by molar-refractivity contribution is 5.75. The van der Waals surface area contributed by atoms with Gasteiger partial charge in [-0.3, -0.25) is 15.1 Å². The van der Waals surface area contributed by atoms with Crippen LogP contribution in [0.15, 0.2) is 24.3 Å². The van der Waals surface area contributed by atoms with Crippen LogP contribution in [0.2, 0.25) is 0 Å². The van der Waals surface area contributed by atoms with Crippen LogP contribution < -0.4 is 20.7 Å². The summed E-state index contributed by atoms with van der Waals surface area (Å²) in [7, 11) is 1.55. The molecule has 2 aliphatic rings. The molecule has 1 spiro atoms. The van der Waals surface area contributed by atoms with E-state index in [9.17, 15) is 4.79 Å². The molecule has 1 aliphatic heterocycles. The highest BCUT2D eigenvalue weighted by Crippen LogP contribution is 2.40. The molecular weight excluding hydrogens is 284 g/mol. The third-order valence-corrected chi connectivity index (χ3v) is 4.07. The van der Waals surface area contributed by atoms with E-state index < -0.39 is 5.91 Å². The molecule has 0 aromatic heterocycles. The predicted octanol–water partition coefficient (Wildman–Crippen LogP) is 1.75. The van der Waals surface area contributed by atoms with Gasteiger partial charge in [-0.1, -0.05) is 12.8 Å². The predicted molar refractivity (Wildman–Crippen MR) is 81.1 cm³/mol. The molecule has 118 valence electrons. The summed E-state index contributed by atoms with van der Waals surface area (Å²) in [4.78, 5) is 16.7. The molecule has 0 atom stereocenters. The molecule has 1 aliphatic carbocycles. The van der Waals surface area contributed by atoms with Crippen molar-refractivity contribution in [3.05, 3.63) is 29.8 Å². The van der Waals surface area contributed by atoms with Crippen LogP contribution in [0, 0.1) is 0 Å². The normalized spacial score (nSPS) is 18.9. The van der Waals surface area contributed by atoms with Crippen LogP contribution in [-0.2, 0) is 9.63 Å². The molecule has 3 rings (SSSR count). The molecule has 0 radical (unpaired) electrons. The summed E-state index contributed by atoms with van der Waals surface area (Å²) in [5.74, 6) is 0.507. The molecule has 1 heterocycles. The fourth-order valence-corrected chi connectivity index (χ4v) is 2.95. The second kappa shape index (κ2) is 5.88. The molecule has 1 fully saturated rings. The highest BCUT2D eigenvalue weighted by atomic mass is 16.7. The molecule has 6 nitrogen and oxygen atoms in total. The number of benzene rings is 1.